The maximum Gasteiger partial charge on any atom is 0.138 e. The van der Waals surface area contributed by atoms with Crippen LogP contribution in [0.25, 0.3) is 5.69 Å². The molecule has 0 saturated heterocycles. The fourth-order valence-electron chi connectivity index (χ4n) is 1.17. The molecule has 1 heterocycles. The van der Waals surface area contributed by atoms with Crippen LogP contribution in [-0.2, 0) is 6.54 Å². The molecule has 4 heteroatoms. The van der Waals surface area contributed by atoms with E-state index < -0.39 is 0 Å². The number of nitrogens with zero attached hydrogens (tertiary/aromatic N) is 3. The first-order valence-electron chi connectivity index (χ1n) is 4.04. The van der Waals surface area contributed by atoms with Gasteiger partial charge in [-0.15, -0.1) is 0 Å². The highest BCUT2D eigenvalue weighted by molar-refractivity contribution is 5.34. The van der Waals surface area contributed by atoms with E-state index in [4.69, 9.17) is 5.73 Å². The van der Waals surface area contributed by atoms with Crippen LogP contribution in [0.1, 0.15) is 5.56 Å². The van der Waals surface area contributed by atoms with Gasteiger partial charge in [0.25, 0.3) is 0 Å². The second-order valence-electron chi connectivity index (χ2n) is 2.71. The molecule has 0 radical (unpaired) electrons. The maximum absolute atomic E-state index is 5.53. The highest BCUT2D eigenvalue weighted by Crippen LogP contribution is 2.07. The highest BCUT2D eigenvalue weighted by atomic mass is 15.3. The van der Waals surface area contributed by atoms with E-state index in [0.29, 0.717) is 6.54 Å². The van der Waals surface area contributed by atoms with Gasteiger partial charge in [0.15, 0.2) is 0 Å². The molecule has 0 atom stereocenters. The molecule has 2 aromatic rings. The summed E-state index contributed by atoms with van der Waals surface area (Å²) in [4.78, 5) is 3.87. The third kappa shape index (κ3) is 1.57. The van der Waals surface area contributed by atoms with Crippen LogP contribution >= 0.6 is 0 Å². The van der Waals surface area contributed by atoms with E-state index in [1.165, 1.54) is 6.33 Å². The number of nitrogens with two attached hydrogens (primary N) is 1. The minimum Gasteiger partial charge on any atom is -0.326 e. The Morgan fingerprint density at radius 3 is 3.00 bits per heavy atom. The summed E-state index contributed by atoms with van der Waals surface area (Å²) in [5, 5.41) is 4.03. The normalized spacial score (nSPS) is 10.2. The second-order valence-corrected chi connectivity index (χ2v) is 2.71. The molecule has 1 aromatic carbocycles. The van der Waals surface area contributed by atoms with Gasteiger partial charge in [0.1, 0.15) is 12.7 Å². The molecule has 0 bridgehead atoms. The van der Waals surface area contributed by atoms with Gasteiger partial charge in [-0.1, -0.05) is 12.1 Å². The van der Waals surface area contributed by atoms with Gasteiger partial charge < -0.3 is 5.73 Å². The summed E-state index contributed by atoms with van der Waals surface area (Å²) in [6.07, 6.45) is 3.17. The van der Waals surface area contributed by atoms with Crippen LogP contribution in [-0.4, -0.2) is 14.8 Å². The summed E-state index contributed by atoms with van der Waals surface area (Å²) in [6, 6.07) is 7.90. The molecule has 2 N–H and O–H groups in total. The molecular weight excluding hydrogens is 164 g/mol. The topological polar surface area (TPSA) is 56.7 Å². The number of hydrogen-bond acceptors (Lipinski definition) is 3. The Labute approximate surface area is 76.0 Å². The van der Waals surface area contributed by atoms with Gasteiger partial charge in [-0.05, 0) is 17.7 Å². The molecule has 13 heavy (non-hydrogen) atoms. The molecule has 0 amide bonds. The predicted molar refractivity (Wildman–Crippen MR) is 49.3 cm³/mol. The standard InChI is InChI=1S/C9H10N4/c10-5-8-2-1-3-9(4-8)13-7-11-6-12-13/h1-4,6-7H,5,10H2. The van der Waals surface area contributed by atoms with Crippen LogP contribution in [0.15, 0.2) is 36.9 Å². The van der Waals surface area contributed by atoms with E-state index in [9.17, 15) is 0 Å². The smallest absolute Gasteiger partial charge is 0.138 e. The van der Waals surface area contributed by atoms with Crippen LogP contribution in [0.3, 0.4) is 0 Å². The lowest BCUT2D eigenvalue weighted by molar-refractivity contribution is 0.874. The Balaban J connectivity index is 2.41. The van der Waals surface area contributed by atoms with Gasteiger partial charge in [-0.25, -0.2) is 9.67 Å². The molecule has 66 valence electrons. The third-order valence-corrected chi connectivity index (χ3v) is 1.83. The van der Waals surface area contributed by atoms with Crippen molar-refractivity contribution in [3.05, 3.63) is 42.5 Å². The van der Waals surface area contributed by atoms with Crippen molar-refractivity contribution in [2.75, 3.05) is 0 Å². The molecule has 2 rings (SSSR count). The van der Waals surface area contributed by atoms with Crippen molar-refractivity contribution >= 4 is 0 Å². The number of benzene rings is 1. The summed E-state index contributed by atoms with van der Waals surface area (Å²) in [6.45, 7) is 0.544. The average Bonchev–Trinajstić information content (AvgIpc) is 2.71. The quantitative estimate of drug-likeness (QED) is 0.730. The van der Waals surface area contributed by atoms with Crippen molar-refractivity contribution in [1.82, 2.24) is 14.8 Å². The molecular formula is C9H10N4. The van der Waals surface area contributed by atoms with Crippen molar-refractivity contribution in [2.45, 2.75) is 6.54 Å². The van der Waals surface area contributed by atoms with Crippen LogP contribution in [0.4, 0.5) is 0 Å². The number of hydrogen-bond donors (Lipinski definition) is 1. The van der Waals surface area contributed by atoms with Gasteiger partial charge in [0.2, 0.25) is 0 Å². The SMILES string of the molecule is NCc1cccc(-n2cncn2)c1. The van der Waals surface area contributed by atoms with Gasteiger partial charge in [0, 0.05) is 6.54 Å². The van der Waals surface area contributed by atoms with Crippen molar-refractivity contribution in [1.29, 1.82) is 0 Å². The van der Waals surface area contributed by atoms with E-state index in [2.05, 4.69) is 10.1 Å². The molecule has 0 fully saturated rings. The van der Waals surface area contributed by atoms with Gasteiger partial charge in [-0.2, -0.15) is 5.10 Å². The first-order chi connectivity index (χ1) is 6.40. The van der Waals surface area contributed by atoms with Gasteiger partial charge >= 0.3 is 0 Å². The first kappa shape index (κ1) is 7.94. The molecule has 0 aliphatic heterocycles. The van der Waals surface area contributed by atoms with Crippen LogP contribution in [0.2, 0.25) is 0 Å². The zero-order valence-electron chi connectivity index (χ0n) is 7.09. The summed E-state index contributed by atoms with van der Waals surface area (Å²) in [7, 11) is 0. The fourth-order valence-corrected chi connectivity index (χ4v) is 1.17. The Morgan fingerprint density at radius 1 is 1.38 bits per heavy atom. The Bertz CT molecular complexity index is 380. The van der Waals surface area contributed by atoms with Crippen molar-refractivity contribution in [2.24, 2.45) is 5.73 Å². The largest absolute Gasteiger partial charge is 0.326 e. The lowest BCUT2D eigenvalue weighted by Gasteiger charge is -2.01. The zero-order valence-corrected chi connectivity index (χ0v) is 7.09. The highest BCUT2D eigenvalue weighted by Gasteiger charge is 1.96. The molecule has 0 unspecified atom stereocenters. The number of aromatic nitrogens is 3. The molecule has 1 aromatic heterocycles. The van der Waals surface area contributed by atoms with Crippen molar-refractivity contribution < 1.29 is 0 Å². The summed E-state index contributed by atoms with van der Waals surface area (Å²) in [5.74, 6) is 0. The third-order valence-electron chi connectivity index (χ3n) is 1.83. The van der Waals surface area contributed by atoms with E-state index in [1.807, 2.05) is 24.3 Å². The Kier molecular flexibility index (Phi) is 2.06. The molecule has 0 saturated carbocycles. The Hall–Kier alpha value is -1.68. The molecule has 0 spiro atoms. The van der Waals surface area contributed by atoms with Crippen LogP contribution < -0.4 is 5.73 Å². The first-order valence-corrected chi connectivity index (χ1v) is 4.04. The van der Waals surface area contributed by atoms with Gasteiger partial charge in [0.05, 0.1) is 5.69 Å². The monoisotopic (exact) mass is 174 g/mol. The minimum atomic E-state index is 0.544. The van der Waals surface area contributed by atoms with E-state index in [1.54, 1.807) is 11.0 Å². The van der Waals surface area contributed by atoms with Crippen molar-refractivity contribution in [3.63, 3.8) is 0 Å². The molecule has 4 nitrogen and oxygen atoms in total. The predicted octanol–water partition coefficient (Wildman–Crippen LogP) is 0.726. The molecule has 0 aliphatic carbocycles. The Morgan fingerprint density at radius 2 is 2.31 bits per heavy atom. The average molecular weight is 174 g/mol. The lowest BCUT2D eigenvalue weighted by atomic mass is 10.2. The summed E-state index contributed by atoms with van der Waals surface area (Å²) >= 11 is 0. The lowest BCUT2D eigenvalue weighted by Crippen LogP contribution is -1.99. The summed E-state index contributed by atoms with van der Waals surface area (Å²) in [5.41, 5.74) is 7.60. The van der Waals surface area contributed by atoms with Crippen molar-refractivity contribution in [3.8, 4) is 5.69 Å². The fraction of sp³-hybridized carbons (Fsp3) is 0.111. The maximum atomic E-state index is 5.53. The number of rotatable bonds is 2. The van der Waals surface area contributed by atoms with Gasteiger partial charge in [-0.3, -0.25) is 0 Å². The second kappa shape index (κ2) is 3.37. The van der Waals surface area contributed by atoms with Crippen LogP contribution in [0, 0.1) is 0 Å². The summed E-state index contributed by atoms with van der Waals surface area (Å²) < 4.78 is 1.71. The van der Waals surface area contributed by atoms with E-state index in [0.717, 1.165) is 11.3 Å². The molecule has 0 aliphatic rings. The van der Waals surface area contributed by atoms with Crippen LogP contribution in [0.5, 0.6) is 0 Å². The zero-order chi connectivity index (χ0) is 9.10. The van der Waals surface area contributed by atoms with E-state index >= 15 is 0 Å². The minimum absolute atomic E-state index is 0.544. The van der Waals surface area contributed by atoms with E-state index in [-0.39, 0.29) is 0 Å².